The fourth-order valence-corrected chi connectivity index (χ4v) is 4.27. The van der Waals surface area contributed by atoms with Gasteiger partial charge < -0.3 is 9.30 Å². The smallest absolute Gasteiger partial charge is 0.341 e. The molecule has 0 aliphatic rings. The van der Waals surface area contributed by atoms with Crippen molar-refractivity contribution in [3.05, 3.63) is 91.3 Å². The van der Waals surface area contributed by atoms with Crippen LogP contribution in [0.3, 0.4) is 0 Å². The second kappa shape index (κ2) is 11.2. The number of amides is 1. The number of nitro benzene ring substituents is 1. The van der Waals surface area contributed by atoms with Crippen molar-refractivity contribution in [1.82, 2.24) is 14.0 Å². The summed E-state index contributed by atoms with van der Waals surface area (Å²) in [6.07, 6.45) is 3.98. The molecule has 0 aliphatic heterocycles. The average Bonchev–Trinajstić information content (AvgIpc) is 2.90. The van der Waals surface area contributed by atoms with Gasteiger partial charge in [-0.05, 0) is 44.0 Å². The number of esters is 1. The number of para-hydroxylation sites is 1. The molecule has 196 valence electrons. The van der Waals surface area contributed by atoms with Crippen molar-refractivity contribution in [2.45, 2.75) is 46.6 Å². The highest BCUT2D eigenvalue weighted by atomic mass is 16.6. The zero-order valence-electron chi connectivity index (χ0n) is 21.3. The van der Waals surface area contributed by atoms with E-state index in [9.17, 15) is 24.5 Å². The second-order valence-corrected chi connectivity index (χ2v) is 8.69. The van der Waals surface area contributed by atoms with Gasteiger partial charge >= 0.3 is 5.97 Å². The monoisotopic (exact) mass is 517 g/mol. The first kappa shape index (κ1) is 26.4. The standard InChI is InChI=1S/C27H27N5O6/c1-4-6-9-14-30-23-19(26(34)31-15-10-11-17(3)22(31)28-23)16-20(27(35)38-5-2)24(30)29-25(33)18-12-7-8-13-21(18)32(36)37/h7-8,10-13,15-16H,4-6,9,14H2,1-3H3. The molecule has 1 aromatic carbocycles. The topological polar surface area (TPSA) is 138 Å². The molecule has 11 heteroatoms. The third kappa shape index (κ3) is 4.95. The van der Waals surface area contributed by atoms with Crippen LogP contribution < -0.4 is 11.0 Å². The zero-order chi connectivity index (χ0) is 27.4. The Morgan fingerprint density at radius 2 is 1.84 bits per heavy atom. The Kier molecular flexibility index (Phi) is 7.75. The maximum atomic E-state index is 13.5. The Bertz CT molecular complexity index is 1700. The van der Waals surface area contributed by atoms with Crippen molar-refractivity contribution >= 4 is 34.2 Å². The lowest BCUT2D eigenvalue weighted by atomic mass is 10.1. The number of benzene rings is 1. The SMILES string of the molecule is CCCCCn1c(=NC(=O)c2ccccc2[N+](=O)[O-])c(C(=O)OCC)cc2c(=O)n3cccc(C)c3nc21. The molecule has 0 radical (unpaired) electrons. The van der Waals surface area contributed by atoms with E-state index < -0.39 is 22.5 Å². The number of hydrogen-bond acceptors (Lipinski definition) is 7. The minimum atomic E-state index is -0.903. The number of carbonyl (C=O) groups excluding carboxylic acids is 2. The third-order valence-electron chi connectivity index (χ3n) is 6.12. The molecule has 0 bridgehead atoms. The van der Waals surface area contributed by atoms with Gasteiger partial charge in [0.15, 0.2) is 5.49 Å². The number of carbonyl (C=O) groups is 2. The summed E-state index contributed by atoms with van der Waals surface area (Å²) in [5.74, 6) is -1.68. The van der Waals surface area contributed by atoms with Crippen molar-refractivity contribution in [2.24, 2.45) is 4.99 Å². The molecule has 4 aromatic rings. The number of pyridine rings is 2. The van der Waals surface area contributed by atoms with E-state index in [1.165, 1.54) is 34.7 Å². The molecule has 0 N–H and O–H groups in total. The van der Waals surface area contributed by atoms with Crippen LogP contribution in [-0.4, -0.2) is 37.4 Å². The Balaban J connectivity index is 2.13. The van der Waals surface area contributed by atoms with E-state index in [-0.39, 0.29) is 39.8 Å². The number of fused-ring (bicyclic) bond motifs is 2. The summed E-state index contributed by atoms with van der Waals surface area (Å²) in [6, 6.07) is 10.3. The van der Waals surface area contributed by atoms with Crippen LogP contribution in [0.5, 0.6) is 0 Å². The molecule has 38 heavy (non-hydrogen) atoms. The first-order valence-electron chi connectivity index (χ1n) is 12.3. The highest BCUT2D eigenvalue weighted by Crippen LogP contribution is 2.19. The molecular formula is C27H27N5O6. The number of unbranched alkanes of at least 4 members (excludes halogenated alkanes) is 2. The quantitative estimate of drug-likeness (QED) is 0.113. The number of ether oxygens (including phenoxy) is 1. The largest absolute Gasteiger partial charge is 0.462 e. The van der Waals surface area contributed by atoms with Crippen molar-refractivity contribution in [3.63, 3.8) is 0 Å². The Morgan fingerprint density at radius 3 is 2.55 bits per heavy atom. The molecule has 3 aromatic heterocycles. The number of hydrogen-bond donors (Lipinski definition) is 0. The molecule has 4 rings (SSSR count). The highest BCUT2D eigenvalue weighted by molar-refractivity contribution is 6.00. The van der Waals surface area contributed by atoms with Gasteiger partial charge in [0.25, 0.3) is 17.2 Å². The molecule has 0 atom stereocenters. The molecule has 0 unspecified atom stereocenters. The highest BCUT2D eigenvalue weighted by Gasteiger charge is 2.23. The molecule has 0 spiro atoms. The van der Waals surface area contributed by atoms with E-state index in [1.54, 1.807) is 23.8 Å². The minimum Gasteiger partial charge on any atom is -0.462 e. The predicted molar refractivity (Wildman–Crippen MR) is 140 cm³/mol. The molecule has 3 heterocycles. The van der Waals surface area contributed by atoms with E-state index in [0.29, 0.717) is 18.6 Å². The molecule has 0 saturated heterocycles. The van der Waals surface area contributed by atoms with Gasteiger partial charge in [0, 0.05) is 18.8 Å². The summed E-state index contributed by atoms with van der Waals surface area (Å²) in [5.41, 5.74) is 0.242. The number of nitro groups is 1. The van der Waals surface area contributed by atoms with Gasteiger partial charge in [-0.3, -0.25) is 24.1 Å². The van der Waals surface area contributed by atoms with E-state index >= 15 is 0 Å². The first-order valence-corrected chi connectivity index (χ1v) is 12.3. The molecule has 11 nitrogen and oxygen atoms in total. The van der Waals surface area contributed by atoms with Crippen molar-refractivity contribution in [1.29, 1.82) is 0 Å². The lowest BCUT2D eigenvalue weighted by Gasteiger charge is -2.15. The van der Waals surface area contributed by atoms with E-state index in [0.717, 1.165) is 18.4 Å². The second-order valence-electron chi connectivity index (χ2n) is 8.69. The summed E-state index contributed by atoms with van der Waals surface area (Å²) in [6.45, 7) is 5.85. The lowest BCUT2D eigenvalue weighted by molar-refractivity contribution is -0.385. The Labute approximate surface area is 217 Å². The fraction of sp³-hybridized carbons (Fsp3) is 0.296. The third-order valence-corrected chi connectivity index (χ3v) is 6.12. The average molecular weight is 518 g/mol. The van der Waals surface area contributed by atoms with Crippen molar-refractivity contribution in [3.8, 4) is 0 Å². The van der Waals surface area contributed by atoms with E-state index in [4.69, 9.17) is 9.72 Å². The molecule has 0 fully saturated rings. The van der Waals surface area contributed by atoms with Crippen LogP contribution in [0, 0.1) is 17.0 Å². The molecule has 0 aliphatic carbocycles. The first-order chi connectivity index (χ1) is 18.3. The zero-order valence-corrected chi connectivity index (χ0v) is 21.3. The van der Waals surface area contributed by atoms with Gasteiger partial charge in [-0.15, -0.1) is 0 Å². The summed E-state index contributed by atoms with van der Waals surface area (Å²) in [5, 5.41) is 11.7. The van der Waals surface area contributed by atoms with E-state index in [1.807, 2.05) is 19.9 Å². The van der Waals surface area contributed by atoms with E-state index in [2.05, 4.69) is 4.99 Å². The van der Waals surface area contributed by atoms with Crippen LogP contribution in [0.4, 0.5) is 5.69 Å². The summed E-state index contributed by atoms with van der Waals surface area (Å²) < 4.78 is 8.20. The molecule has 0 saturated carbocycles. The van der Waals surface area contributed by atoms with Crippen LogP contribution in [0.1, 0.15) is 59.4 Å². The Morgan fingerprint density at radius 1 is 1.08 bits per heavy atom. The van der Waals surface area contributed by atoms with Crippen LogP contribution >= 0.6 is 0 Å². The Hall–Kier alpha value is -4.67. The van der Waals surface area contributed by atoms with Gasteiger partial charge in [-0.1, -0.05) is 38.0 Å². The number of aryl methyl sites for hydroxylation is 2. The summed E-state index contributed by atoms with van der Waals surface area (Å²) in [7, 11) is 0. The van der Waals surface area contributed by atoms with Gasteiger partial charge in [0.2, 0.25) is 0 Å². The van der Waals surface area contributed by atoms with Crippen LogP contribution in [0.25, 0.3) is 16.7 Å². The van der Waals surface area contributed by atoms with Gasteiger partial charge in [-0.25, -0.2) is 9.78 Å². The van der Waals surface area contributed by atoms with Crippen LogP contribution in [0.2, 0.25) is 0 Å². The van der Waals surface area contributed by atoms with Crippen molar-refractivity contribution < 1.29 is 19.2 Å². The number of nitrogens with zero attached hydrogens (tertiary/aromatic N) is 5. The minimum absolute atomic E-state index is 0.0540. The normalized spacial score (nSPS) is 11.7. The van der Waals surface area contributed by atoms with Crippen LogP contribution in [-0.2, 0) is 11.3 Å². The van der Waals surface area contributed by atoms with Gasteiger partial charge in [0.05, 0.1) is 16.9 Å². The lowest BCUT2D eigenvalue weighted by Crippen LogP contribution is -2.33. The number of rotatable bonds is 8. The predicted octanol–water partition coefficient (Wildman–Crippen LogP) is 3.97. The number of aromatic nitrogens is 3. The molecule has 1 amide bonds. The van der Waals surface area contributed by atoms with Crippen LogP contribution in [0.15, 0.2) is 58.4 Å². The fourth-order valence-electron chi connectivity index (χ4n) is 4.27. The van der Waals surface area contributed by atoms with Gasteiger partial charge in [-0.2, -0.15) is 4.99 Å². The molecular weight excluding hydrogens is 490 g/mol. The van der Waals surface area contributed by atoms with Gasteiger partial charge in [0.1, 0.15) is 22.4 Å². The summed E-state index contributed by atoms with van der Waals surface area (Å²) in [4.78, 5) is 59.7. The maximum absolute atomic E-state index is 13.5. The maximum Gasteiger partial charge on any atom is 0.341 e. The van der Waals surface area contributed by atoms with Crippen molar-refractivity contribution in [2.75, 3.05) is 6.61 Å². The summed E-state index contributed by atoms with van der Waals surface area (Å²) >= 11 is 0.